The summed E-state index contributed by atoms with van der Waals surface area (Å²) in [7, 11) is 3.84. The van der Waals surface area contributed by atoms with Crippen LogP contribution in [0, 0.1) is 5.92 Å². The molecule has 6 heteroatoms. The van der Waals surface area contributed by atoms with Gasteiger partial charge in [-0.15, -0.1) is 0 Å². The highest BCUT2D eigenvalue weighted by Crippen LogP contribution is 2.61. The molecule has 1 aromatic heterocycles. The van der Waals surface area contributed by atoms with Gasteiger partial charge in [-0.25, -0.2) is 4.79 Å². The molecule has 0 radical (unpaired) electrons. The van der Waals surface area contributed by atoms with Gasteiger partial charge in [0.1, 0.15) is 12.2 Å². The van der Waals surface area contributed by atoms with Crippen LogP contribution in [0.1, 0.15) is 41.3 Å². The number of hydrogen-bond acceptors (Lipinski definition) is 6. The number of nitrogens with zero attached hydrogens (tertiary/aromatic N) is 2. The second-order valence-corrected chi connectivity index (χ2v) is 8.48. The van der Waals surface area contributed by atoms with E-state index < -0.39 is 0 Å². The predicted molar refractivity (Wildman–Crippen MR) is 107 cm³/mol. The van der Waals surface area contributed by atoms with E-state index in [2.05, 4.69) is 29.9 Å². The van der Waals surface area contributed by atoms with Gasteiger partial charge in [0.25, 0.3) is 0 Å². The molecule has 2 aromatic rings. The molecule has 1 aliphatic carbocycles. The number of hydrogen-bond donors (Lipinski definition) is 0. The van der Waals surface area contributed by atoms with Crippen LogP contribution in [0.15, 0.2) is 36.7 Å². The summed E-state index contributed by atoms with van der Waals surface area (Å²) >= 11 is 0. The minimum Gasteiger partial charge on any atom is -0.493 e. The molecule has 29 heavy (non-hydrogen) atoms. The monoisotopic (exact) mass is 394 g/mol. The van der Waals surface area contributed by atoms with Crippen LogP contribution >= 0.6 is 0 Å². The molecule has 1 aromatic carbocycles. The molecule has 0 N–H and O–H groups in total. The first-order valence-corrected chi connectivity index (χ1v) is 10.2. The Balaban J connectivity index is 1.52. The fourth-order valence-corrected chi connectivity index (χ4v) is 5.56. The van der Waals surface area contributed by atoms with Crippen molar-refractivity contribution in [2.45, 2.75) is 43.9 Å². The number of methoxy groups -OCH3 is 1. The van der Waals surface area contributed by atoms with E-state index in [1.54, 1.807) is 31.6 Å². The van der Waals surface area contributed by atoms with Crippen molar-refractivity contribution in [1.29, 1.82) is 0 Å². The third kappa shape index (κ3) is 2.65. The molecule has 3 heterocycles. The van der Waals surface area contributed by atoms with E-state index in [9.17, 15) is 4.79 Å². The zero-order chi connectivity index (χ0) is 20.2. The maximum atomic E-state index is 12.7. The zero-order valence-electron chi connectivity index (χ0n) is 17.1. The Morgan fingerprint density at radius 1 is 1.34 bits per heavy atom. The number of esters is 1. The van der Waals surface area contributed by atoms with Gasteiger partial charge < -0.3 is 19.1 Å². The number of aromatic nitrogens is 1. The standard InChI is InChI=1S/C23H26N2O4/c1-14-18(28-22(26)15-5-4-9-24-12-15)11-19-23(14)8-10-25(2)13-16-6-7-17(27-3)21(29-19)20(16)23/h4-7,9,12,14,18-19H,8,10-11,13H2,1-3H3/t14?,18-,19+,23-/m1/s1. The van der Waals surface area contributed by atoms with Crippen molar-refractivity contribution in [1.82, 2.24) is 9.88 Å². The molecule has 1 fully saturated rings. The lowest BCUT2D eigenvalue weighted by atomic mass is 9.69. The first kappa shape index (κ1) is 18.4. The van der Waals surface area contributed by atoms with Crippen LogP contribution in [0.2, 0.25) is 0 Å². The lowest BCUT2D eigenvalue weighted by molar-refractivity contribution is 0.0173. The van der Waals surface area contributed by atoms with Gasteiger partial charge in [-0.1, -0.05) is 13.0 Å². The average molecular weight is 394 g/mol. The summed E-state index contributed by atoms with van der Waals surface area (Å²) in [5.41, 5.74) is 2.87. The van der Waals surface area contributed by atoms with Crippen LogP contribution in [-0.4, -0.2) is 48.8 Å². The minimum atomic E-state index is -0.317. The molecule has 2 aliphatic heterocycles. The third-order valence-corrected chi connectivity index (χ3v) is 7.05. The van der Waals surface area contributed by atoms with Crippen LogP contribution in [0.4, 0.5) is 0 Å². The second-order valence-electron chi connectivity index (χ2n) is 8.48. The fourth-order valence-electron chi connectivity index (χ4n) is 5.56. The molecule has 3 aliphatic rings. The zero-order valence-corrected chi connectivity index (χ0v) is 17.1. The largest absolute Gasteiger partial charge is 0.493 e. The highest BCUT2D eigenvalue weighted by molar-refractivity contribution is 5.89. The van der Waals surface area contributed by atoms with Gasteiger partial charge in [0, 0.05) is 42.3 Å². The van der Waals surface area contributed by atoms with Gasteiger partial charge >= 0.3 is 5.97 Å². The van der Waals surface area contributed by atoms with Crippen molar-refractivity contribution in [2.24, 2.45) is 5.92 Å². The van der Waals surface area contributed by atoms with Gasteiger partial charge in [-0.3, -0.25) is 4.98 Å². The van der Waals surface area contributed by atoms with Crippen molar-refractivity contribution in [2.75, 3.05) is 20.7 Å². The summed E-state index contributed by atoms with van der Waals surface area (Å²) in [6, 6.07) is 7.66. The van der Waals surface area contributed by atoms with Crippen molar-refractivity contribution < 1.29 is 19.0 Å². The molecular weight excluding hydrogens is 368 g/mol. The van der Waals surface area contributed by atoms with Crippen LogP contribution in [-0.2, 0) is 16.7 Å². The van der Waals surface area contributed by atoms with Gasteiger partial charge in [0.05, 0.1) is 12.7 Å². The number of carbonyl (C=O) groups excluding carboxylic acids is 1. The van der Waals surface area contributed by atoms with Crippen molar-refractivity contribution in [3.8, 4) is 11.5 Å². The lowest BCUT2D eigenvalue weighted by Gasteiger charge is -2.34. The third-order valence-electron chi connectivity index (χ3n) is 7.05. The Morgan fingerprint density at radius 3 is 2.97 bits per heavy atom. The Bertz CT molecular complexity index is 947. The van der Waals surface area contributed by atoms with Gasteiger partial charge in [0.15, 0.2) is 11.5 Å². The number of benzene rings is 1. The summed E-state index contributed by atoms with van der Waals surface area (Å²) in [6.07, 6.45) is 4.66. The molecule has 0 bridgehead atoms. The maximum absolute atomic E-state index is 12.7. The van der Waals surface area contributed by atoms with E-state index >= 15 is 0 Å². The van der Waals surface area contributed by atoms with E-state index in [-0.39, 0.29) is 29.5 Å². The Morgan fingerprint density at radius 2 is 2.21 bits per heavy atom. The van der Waals surface area contributed by atoms with Crippen LogP contribution in [0.5, 0.6) is 11.5 Å². The number of rotatable bonds is 3. The van der Waals surface area contributed by atoms with Crippen molar-refractivity contribution >= 4 is 5.97 Å². The highest BCUT2D eigenvalue weighted by atomic mass is 16.6. The Hall–Kier alpha value is -2.60. The molecule has 5 rings (SSSR count). The topological polar surface area (TPSA) is 60.9 Å². The summed E-state index contributed by atoms with van der Waals surface area (Å²) < 4.78 is 18.1. The number of carbonyl (C=O) groups is 1. The van der Waals surface area contributed by atoms with E-state index in [4.69, 9.17) is 14.2 Å². The second kappa shape index (κ2) is 6.73. The predicted octanol–water partition coefficient (Wildman–Crippen LogP) is 3.19. The van der Waals surface area contributed by atoms with Gasteiger partial charge in [-0.2, -0.15) is 0 Å². The van der Waals surface area contributed by atoms with E-state index in [1.807, 2.05) is 6.07 Å². The first-order chi connectivity index (χ1) is 14.0. The van der Waals surface area contributed by atoms with Gasteiger partial charge in [-0.05, 0) is 43.8 Å². The van der Waals surface area contributed by atoms with Gasteiger partial charge in [0.2, 0.25) is 0 Å². The Kier molecular flexibility index (Phi) is 4.28. The molecule has 4 atom stereocenters. The van der Waals surface area contributed by atoms with Crippen molar-refractivity contribution in [3.63, 3.8) is 0 Å². The summed E-state index contributed by atoms with van der Waals surface area (Å²) in [4.78, 5) is 19.1. The normalized spacial score (nSPS) is 30.1. The molecule has 0 saturated heterocycles. The summed E-state index contributed by atoms with van der Waals surface area (Å²) in [5, 5.41) is 0. The van der Waals surface area contributed by atoms with E-state index in [0.29, 0.717) is 12.0 Å². The molecule has 152 valence electrons. The molecular formula is C23H26N2O4. The van der Waals surface area contributed by atoms with Crippen LogP contribution < -0.4 is 9.47 Å². The maximum Gasteiger partial charge on any atom is 0.339 e. The SMILES string of the molecule is COc1ccc2c3c1O[C@H]1C[C@@H](OC(=O)c4cccnc4)C(C)[C@@]31CCN(C)C2. The summed E-state index contributed by atoms with van der Waals surface area (Å²) in [5.74, 6) is 1.50. The molecule has 0 amide bonds. The Labute approximate surface area is 170 Å². The van der Waals surface area contributed by atoms with Crippen LogP contribution in [0.25, 0.3) is 0 Å². The average Bonchev–Trinajstić information content (AvgIpc) is 3.12. The molecule has 1 unspecified atom stereocenters. The van der Waals surface area contributed by atoms with Crippen molar-refractivity contribution in [3.05, 3.63) is 53.3 Å². The highest BCUT2D eigenvalue weighted by Gasteiger charge is 2.62. The fraction of sp³-hybridized carbons (Fsp3) is 0.478. The smallest absolute Gasteiger partial charge is 0.339 e. The lowest BCUT2D eigenvalue weighted by Crippen LogP contribution is -2.40. The number of ether oxygens (including phenoxy) is 3. The quantitative estimate of drug-likeness (QED) is 0.745. The minimum absolute atomic E-state index is 0.0132. The van der Waals surface area contributed by atoms with Crippen LogP contribution in [0.3, 0.4) is 0 Å². The molecule has 1 saturated carbocycles. The molecule has 6 nitrogen and oxygen atoms in total. The van der Waals surface area contributed by atoms with E-state index in [1.165, 1.54) is 11.1 Å². The number of pyridine rings is 1. The summed E-state index contributed by atoms with van der Waals surface area (Å²) in [6.45, 7) is 4.06. The molecule has 1 spiro atoms. The first-order valence-electron chi connectivity index (χ1n) is 10.2. The van der Waals surface area contributed by atoms with E-state index in [0.717, 1.165) is 31.0 Å².